The van der Waals surface area contributed by atoms with Crippen LogP contribution >= 0.6 is 0 Å². The predicted octanol–water partition coefficient (Wildman–Crippen LogP) is 6.53. The summed E-state index contributed by atoms with van der Waals surface area (Å²) in [6, 6.07) is 22.5. The Balaban J connectivity index is 1.66. The summed E-state index contributed by atoms with van der Waals surface area (Å²) in [5, 5.41) is 0. The summed E-state index contributed by atoms with van der Waals surface area (Å²) in [7, 11) is 3.37. The van der Waals surface area contributed by atoms with Crippen molar-refractivity contribution in [1.82, 2.24) is 0 Å². The van der Waals surface area contributed by atoms with Gasteiger partial charge in [-0.1, -0.05) is 54.1 Å². The first kappa shape index (κ1) is 23.7. The molecule has 1 aliphatic heterocycles. The van der Waals surface area contributed by atoms with Crippen LogP contribution in [0.1, 0.15) is 29.2 Å². The van der Waals surface area contributed by atoms with Crippen molar-refractivity contribution in [3.8, 4) is 11.5 Å². The van der Waals surface area contributed by atoms with Crippen LogP contribution in [0.25, 0.3) is 5.57 Å². The predicted molar refractivity (Wildman–Crippen MR) is 146 cm³/mol. The lowest BCUT2D eigenvalue weighted by molar-refractivity contribution is -0.114. The fourth-order valence-electron chi connectivity index (χ4n) is 5.47. The van der Waals surface area contributed by atoms with Crippen LogP contribution in [0.5, 0.6) is 11.5 Å². The van der Waals surface area contributed by atoms with Crippen molar-refractivity contribution in [2.75, 3.05) is 19.1 Å². The van der Waals surface area contributed by atoms with E-state index in [-0.39, 0.29) is 17.9 Å². The molecule has 182 valence electrons. The van der Waals surface area contributed by atoms with Crippen LogP contribution in [0.15, 0.2) is 96.6 Å². The normalized spacial score (nSPS) is 17.4. The molecule has 2 atom stereocenters. The molecule has 1 aliphatic carbocycles. The van der Waals surface area contributed by atoms with Gasteiger partial charge < -0.3 is 14.4 Å². The maximum absolute atomic E-state index is 13.1. The van der Waals surface area contributed by atoms with Crippen molar-refractivity contribution in [3.63, 3.8) is 0 Å². The molecule has 4 heteroatoms. The number of fused-ring (bicyclic) bond motifs is 1. The Morgan fingerprint density at radius 1 is 0.972 bits per heavy atom. The monoisotopic (exact) mass is 477 g/mol. The summed E-state index contributed by atoms with van der Waals surface area (Å²) in [6.07, 6.45) is 4.49. The Kier molecular flexibility index (Phi) is 6.27. The molecule has 0 saturated heterocycles. The molecule has 1 amide bonds. The number of methoxy groups -OCH3 is 2. The minimum atomic E-state index is -0.155. The minimum absolute atomic E-state index is 0.00104. The zero-order valence-electron chi connectivity index (χ0n) is 21.2. The first-order valence-corrected chi connectivity index (χ1v) is 12.2. The zero-order valence-corrected chi connectivity index (χ0v) is 21.2. The number of hydrogen-bond acceptors (Lipinski definition) is 3. The number of benzene rings is 3. The molecule has 0 saturated carbocycles. The van der Waals surface area contributed by atoms with Crippen LogP contribution in [0, 0.1) is 12.8 Å². The first-order chi connectivity index (χ1) is 17.4. The highest BCUT2D eigenvalue weighted by Gasteiger charge is 2.39. The lowest BCUT2D eigenvalue weighted by Crippen LogP contribution is -2.40. The van der Waals surface area contributed by atoms with E-state index in [2.05, 4.69) is 44.7 Å². The van der Waals surface area contributed by atoms with E-state index in [9.17, 15) is 4.79 Å². The van der Waals surface area contributed by atoms with Crippen LogP contribution in [0.2, 0.25) is 0 Å². The highest BCUT2D eigenvalue weighted by Crippen LogP contribution is 2.46. The molecular weight excluding hydrogens is 446 g/mol. The van der Waals surface area contributed by atoms with Gasteiger partial charge >= 0.3 is 0 Å². The van der Waals surface area contributed by atoms with Gasteiger partial charge in [0.15, 0.2) is 0 Å². The van der Waals surface area contributed by atoms with Crippen LogP contribution in [-0.2, 0) is 11.2 Å². The second-order valence-corrected chi connectivity index (χ2v) is 9.55. The van der Waals surface area contributed by atoms with Gasteiger partial charge in [0.2, 0.25) is 0 Å². The Labute approximate surface area is 213 Å². The quantitative estimate of drug-likeness (QED) is 0.363. The molecule has 0 spiro atoms. The van der Waals surface area contributed by atoms with E-state index >= 15 is 0 Å². The van der Waals surface area contributed by atoms with E-state index in [0.717, 1.165) is 40.3 Å². The van der Waals surface area contributed by atoms with Gasteiger partial charge in [-0.2, -0.15) is 0 Å². The van der Waals surface area contributed by atoms with Crippen LogP contribution in [0.4, 0.5) is 5.69 Å². The molecule has 2 aliphatic rings. The van der Waals surface area contributed by atoms with E-state index in [1.165, 1.54) is 22.3 Å². The number of rotatable bonds is 7. The van der Waals surface area contributed by atoms with Crippen molar-refractivity contribution in [2.24, 2.45) is 5.92 Å². The molecule has 3 aromatic rings. The third-order valence-electron chi connectivity index (χ3n) is 7.19. The number of carbonyl (C=O) groups is 1. The van der Waals surface area contributed by atoms with E-state index < -0.39 is 0 Å². The molecule has 3 aromatic carbocycles. The highest BCUT2D eigenvalue weighted by molar-refractivity contribution is 6.05. The maximum atomic E-state index is 13.1. The molecule has 4 nitrogen and oxygen atoms in total. The van der Waals surface area contributed by atoms with Gasteiger partial charge in [0.05, 0.1) is 20.3 Å². The molecule has 5 rings (SSSR count). The molecule has 0 N–H and O–H groups in total. The highest BCUT2D eigenvalue weighted by atomic mass is 16.5. The summed E-state index contributed by atoms with van der Waals surface area (Å²) in [5.41, 5.74) is 9.08. The third-order valence-corrected chi connectivity index (χ3v) is 7.19. The van der Waals surface area contributed by atoms with Crippen LogP contribution in [-0.4, -0.2) is 26.2 Å². The molecular formula is C32H31NO3. The number of aryl methyl sites for hydroxylation is 1. The first-order valence-electron chi connectivity index (χ1n) is 12.2. The Morgan fingerprint density at radius 2 is 1.64 bits per heavy atom. The van der Waals surface area contributed by atoms with Gasteiger partial charge in [-0.15, -0.1) is 0 Å². The second-order valence-electron chi connectivity index (χ2n) is 9.55. The average Bonchev–Trinajstić information content (AvgIpc) is 3.44. The molecule has 1 unspecified atom stereocenters. The summed E-state index contributed by atoms with van der Waals surface area (Å²) in [5.74, 6) is 1.61. The van der Waals surface area contributed by atoms with E-state index in [1.54, 1.807) is 20.3 Å². The molecule has 0 aromatic heterocycles. The molecule has 0 radical (unpaired) electrons. The van der Waals surface area contributed by atoms with Gasteiger partial charge in [-0.25, -0.2) is 0 Å². The second kappa shape index (κ2) is 9.54. The average molecular weight is 478 g/mol. The van der Waals surface area contributed by atoms with Crippen LogP contribution < -0.4 is 14.4 Å². The van der Waals surface area contributed by atoms with Gasteiger partial charge in [0, 0.05) is 17.7 Å². The fraction of sp³-hybridized carbons (Fsp3) is 0.219. The summed E-state index contributed by atoms with van der Waals surface area (Å²) in [6.45, 7) is 8.53. The number of hydrogen-bond donors (Lipinski definition) is 0. The largest absolute Gasteiger partial charge is 0.497 e. The molecule has 0 bridgehead atoms. The molecule has 1 heterocycles. The molecule has 0 fully saturated rings. The van der Waals surface area contributed by atoms with Gasteiger partial charge in [-0.3, -0.25) is 4.79 Å². The summed E-state index contributed by atoms with van der Waals surface area (Å²) < 4.78 is 10.9. The third kappa shape index (κ3) is 4.13. The minimum Gasteiger partial charge on any atom is -0.497 e. The fourth-order valence-corrected chi connectivity index (χ4v) is 5.47. The van der Waals surface area contributed by atoms with Gasteiger partial charge in [0.1, 0.15) is 11.5 Å². The van der Waals surface area contributed by atoms with Crippen molar-refractivity contribution in [2.45, 2.75) is 26.3 Å². The number of ether oxygens (including phenoxy) is 2. The number of anilines is 1. The van der Waals surface area contributed by atoms with Crippen molar-refractivity contribution in [3.05, 3.63) is 119 Å². The van der Waals surface area contributed by atoms with E-state index in [4.69, 9.17) is 9.47 Å². The van der Waals surface area contributed by atoms with Crippen LogP contribution in [0.3, 0.4) is 0 Å². The standard InChI is InChI=1S/C32H31NO3/c1-20(2)31(29-16-17-30(34)33(29)24-10-6-21(3)7-11-24)28-19-23-18-26(36-5)14-15-27(23)32(28)22-8-12-25(35-4)13-9-22/h6-18,29,31H,1,19H2,2-5H3/t29-,31?/m1/s1. The van der Waals surface area contributed by atoms with Gasteiger partial charge in [0.25, 0.3) is 5.91 Å². The topological polar surface area (TPSA) is 38.8 Å². The number of carbonyl (C=O) groups excluding carboxylic acids is 1. The van der Waals surface area contributed by atoms with Gasteiger partial charge in [-0.05, 0) is 84.5 Å². The zero-order chi connectivity index (χ0) is 25.4. The summed E-state index contributed by atoms with van der Waals surface area (Å²) >= 11 is 0. The smallest absolute Gasteiger partial charge is 0.251 e. The Morgan fingerprint density at radius 3 is 2.28 bits per heavy atom. The lowest BCUT2D eigenvalue weighted by Gasteiger charge is -2.34. The Bertz CT molecular complexity index is 1380. The molecule has 36 heavy (non-hydrogen) atoms. The van der Waals surface area contributed by atoms with E-state index in [1.807, 2.05) is 53.4 Å². The summed E-state index contributed by atoms with van der Waals surface area (Å²) in [4.78, 5) is 15.0. The number of amides is 1. The Hall–Kier alpha value is -4.05. The van der Waals surface area contributed by atoms with Crippen molar-refractivity contribution in [1.29, 1.82) is 0 Å². The van der Waals surface area contributed by atoms with Crippen molar-refractivity contribution < 1.29 is 14.3 Å². The SMILES string of the molecule is C=C(C)C(C1=C(c2ccc(OC)cc2)c2ccc(OC)cc2C1)[C@H]1C=CC(=O)N1c1ccc(C)cc1. The van der Waals surface area contributed by atoms with Crippen molar-refractivity contribution >= 4 is 17.2 Å². The lowest BCUT2D eigenvalue weighted by atomic mass is 9.81. The number of nitrogens with zero attached hydrogens (tertiary/aromatic N) is 1. The maximum Gasteiger partial charge on any atom is 0.251 e. The van der Waals surface area contributed by atoms with E-state index in [0.29, 0.717) is 0 Å².